The average molecular weight is 502 g/mol. The predicted octanol–water partition coefficient (Wildman–Crippen LogP) is 3.94. The molecule has 4 rings (SSSR count). The van der Waals surface area contributed by atoms with Gasteiger partial charge < -0.3 is 20.5 Å². The summed E-state index contributed by atoms with van der Waals surface area (Å²) < 4.78 is 31.9. The number of ether oxygens (including phenoxy) is 1. The minimum Gasteiger partial charge on any atom is -0.477 e. The molecular weight excluding hydrogens is 480 g/mol. The second-order valence-corrected chi connectivity index (χ2v) is 8.98. The zero-order chi connectivity index (χ0) is 25.2. The molecule has 1 aliphatic carbocycles. The first-order valence-electron chi connectivity index (χ1n) is 10.6. The number of aliphatic carboxylic acids is 1. The minimum absolute atomic E-state index is 0.0270. The fraction of sp³-hybridized carbons (Fsp3) is 0.250. The highest BCUT2D eigenvalue weighted by Gasteiger charge is 2.39. The van der Waals surface area contributed by atoms with Crippen LogP contribution in [0.1, 0.15) is 37.4 Å². The van der Waals surface area contributed by atoms with Gasteiger partial charge in [0.2, 0.25) is 0 Å². The van der Waals surface area contributed by atoms with E-state index in [2.05, 4.69) is 10.3 Å². The SMILES string of the molecule is Cc1nc(CNC(=O)OCC2c3ccccc3-c3ccccc32)sc1C(=O)NCC(F)(F)C(=O)O. The van der Waals surface area contributed by atoms with Crippen molar-refractivity contribution >= 4 is 29.3 Å². The fourth-order valence-corrected chi connectivity index (χ4v) is 4.80. The number of carboxylic acids is 1. The molecule has 2 amide bonds. The summed E-state index contributed by atoms with van der Waals surface area (Å²) in [7, 11) is 0. The van der Waals surface area contributed by atoms with Crippen LogP contribution in [0, 0.1) is 6.92 Å². The van der Waals surface area contributed by atoms with E-state index in [1.165, 1.54) is 6.92 Å². The predicted molar refractivity (Wildman–Crippen MR) is 124 cm³/mol. The van der Waals surface area contributed by atoms with Gasteiger partial charge in [-0.2, -0.15) is 8.78 Å². The van der Waals surface area contributed by atoms with Gasteiger partial charge in [0.25, 0.3) is 5.91 Å². The number of amides is 2. The third-order valence-corrected chi connectivity index (χ3v) is 6.71. The summed E-state index contributed by atoms with van der Waals surface area (Å²) in [5.74, 6) is -7.36. The summed E-state index contributed by atoms with van der Waals surface area (Å²) in [6, 6.07) is 15.9. The van der Waals surface area contributed by atoms with Crippen LogP contribution in [0.2, 0.25) is 0 Å². The smallest absolute Gasteiger partial charge is 0.407 e. The van der Waals surface area contributed by atoms with E-state index in [1.54, 1.807) is 0 Å². The molecule has 0 atom stereocenters. The van der Waals surface area contributed by atoms with Gasteiger partial charge in [-0.3, -0.25) is 4.79 Å². The van der Waals surface area contributed by atoms with Crippen LogP contribution >= 0.6 is 11.3 Å². The van der Waals surface area contributed by atoms with Crippen molar-refractivity contribution in [2.75, 3.05) is 13.2 Å². The van der Waals surface area contributed by atoms with Crippen molar-refractivity contribution in [3.05, 3.63) is 75.2 Å². The molecule has 35 heavy (non-hydrogen) atoms. The molecule has 0 fully saturated rings. The number of carbonyl (C=O) groups is 3. The number of alkyl halides is 2. The van der Waals surface area contributed by atoms with E-state index in [0.717, 1.165) is 33.6 Å². The largest absolute Gasteiger partial charge is 0.477 e. The van der Waals surface area contributed by atoms with Crippen LogP contribution in [-0.4, -0.2) is 47.1 Å². The van der Waals surface area contributed by atoms with Crippen molar-refractivity contribution in [1.29, 1.82) is 0 Å². The average Bonchev–Trinajstić information content (AvgIpc) is 3.37. The molecule has 0 bridgehead atoms. The summed E-state index contributed by atoms with van der Waals surface area (Å²) >= 11 is 0.908. The quantitative estimate of drug-likeness (QED) is 0.430. The second kappa shape index (κ2) is 9.79. The lowest BCUT2D eigenvalue weighted by Gasteiger charge is -2.14. The highest BCUT2D eigenvalue weighted by molar-refractivity contribution is 7.13. The molecule has 182 valence electrons. The summed E-state index contributed by atoms with van der Waals surface area (Å²) in [4.78, 5) is 39.2. The molecular formula is C24H21F2N3O5S. The van der Waals surface area contributed by atoms with Gasteiger partial charge in [0.1, 0.15) is 16.5 Å². The van der Waals surface area contributed by atoms with Gasteiger partial charge in [-0.1, -0.05) is 48.5 Å². The summed E-state index contributed by atoms with van der Waals surface area (Å²) in [6.07, 6.45) is -0.660. The van der Waals surface area contributed by atoms with Crippen LogP contribution in [0.5, 0.6) is 0 Å². The Morgan fingerprint density at radius 2 is 1.66 bits per heavy atom. The van der Waals surface area contributed by atoms with Crippen LogP contribution < -0.4 is 10.6 Å². The van der Waals surface area contributed by atoms with Crippen LogP contribution in [0.3, 0.4) is 0 Å². The van der Waals surface area contributed by atoms with Gasteiger partial charge >= 0.3 is 18.0 Å². The van der Waals surface area contributed by atoms with E-state index in [9.17, 15) is 23.2 Å². The van der Waals surface area contributed by atoms with Crippen molar-refractivity contribution in [2.24, 2.45) is 0 Å². The van der Waals surface area contributed by atoms with E-state index >= 15 is 0 Å². The Bertz CT molecular complexity index is 1250. The van der Waals surface area contributed by atoms with Crippen molar-refractivity contribution in [3.8, 4) is 11.1 Å². The van der Waals surface area contributed by atoms with Crippen LogP contribution in [0.15, 0.2) is 48.5 Å². The Labute approximate surface area is 203 Å². The number of hydrogen-bond acceptors (Lipinski definition) is 6. The molecule has 0 saturated heterocycles. The Morgan fingerprint density at radius 1 is 1.06 bits per heavy atom. The lowest BCUT2D eigenvalue weighted by molar-refractivity contribution is -0.163. The monoisotopic (exact) mass is 501 g/mol. The number of aryl methyl sites for hydroxylation is 1. The lowest BCUT2D eigenvalue weighted by atomic mass is 9.98. The van der Waals surface area contributed by atoms with E-state index in [4.69, 9.17) is 9.84 Å². The molecule has 0 radical (unpaired) electrons. The van der Waals surface area contributed by atoms with Crippen molar-refractivity contribution in [3.63, 3.8) is 0 Å². The summed E-state index contributed by atoms with van der Waals surface area (Å²) in [5.41, 5.74) is 4.67. The van der Waals surface area contributed by atoms with Crippen LogP contribution in [0.25, 0.3) is 11.1 Å². The topological polar surface area (TPSA) is 118 Å². The number of carbonyl (C=O) groups excluding carboxylic acids is 2. The van der Waals surface area contributed by atoms with Crippen molar-refractivity contribution in [1.82, 2.24) is 15.6 Å². The first-order chi connectivity index (χ1) is 16.7. The maximum absolute atomic E-state index is 13.2. The first kappa shape index (κ1) is 24.3. The Balaban J connectivity index is 1.32. The Kier molecular flexibility index (Phi) is 6.79. The highest BCUT2D eigenvalue weighted by Crippen LogP contribution is 2.44. The molecule has 0 aliphatic heterocycles. The number of halogens is 2. The molecule has 8 nitrogen and oxygen atoms in total. The van der Waals surface area contributed by atoms with Gasteiger partial charge in [-0.25, -0.2) is 14.6 Å². The lowest BCUT2D eigenvalue weighted by Crippen LogP contribution is -2.42. The van der Waals surface area contributed by atoms with E-state index in [1.807, 2.05) is 53.8 Å². The Hall–Kier alpha value is -3.86. The van der Waals surface area contributed by atoms with Gasteiger partial charge in [-0.05, 0) is 29.2 Å². The van der Waals surface area contributed by atoms with Gasteiger partial charge in [0.05, 0.1) is 18.8 Å². The molecule has 1 heterocycles. The van der Waals surface area contributed by atoms with Crippen LogP contribution in [0.4, 0.5) is 13.6 Å². The van der Waals surface area contributed by atoms with E-state index in [-0.39, 0.29) is 29.6 Å². The second-order valence-electron chi connectivity index (χ2n) is 7.89. The van der Waals surface area contributed by atoms with E-state index in [0.29, 0.717) is 5.01 Å². The number of alkyl carbamates (subject to hydrolysis) is 1. The molecule has 3 aromatic rings. The zero-order valence-electron chi connectivity index (χ0n) is 18.5. The number of fused-ring (bicyclic) bond motifs is 3. The standard InChI is InChI=1S/C24H21F2N3O5S/c1-13-20(21(30)28-12-24(25,26)22(31)32)35-19(29-13)10-27-23(33)34-11-18-16-8-4-2-6-14(16)15-7-3-5-9-17(15)18/h2-9,18H,10-12H2,1H3,(H,27,33)(H,28,30)(H,31,32). The number of thiazole rings is 1. The number of benzene rings is 2. The molecule has 0 spiro atoms. The maximum atomic E-state index is 13.2. The molecule has 11 heteroatoms. The number of nitrogens with zero attached hydrogens (tertiary/aromatic N) is 1. The molecule has 3 N–H and O–H groups in total. The number of aromatic nitrogens is 1. The van der Waals surface area contributed by atoms with Crippen molar-refractivity contribution < 1.29 is 33.0 Å². The first-order valence-corrected chi connectivity index (χ1v) is 11.4. The van der Waals surface area contributed by atoms with Gasteiger partial charge in [-0.15, -0.1) is 11.3 Å². The van der Waals surface area contributed by atoms with Gasteiger partial charge in [0, 0.05) is 5.92 Å². The number of rotatable bonds is 8. The number of hydrogen-bond donors (Lipinski definition) is 3. The normalized spacial score (nSPS) is 12.5. The highest BCUT2D eigenvalue weighted by atomic mass is 32.1. The third-order valence-electron chi connectivity index (χ3n) is 5.56. The molecule has 1 aliphatic rings. The summed E-state index contributed by atoms with van der Waals surface area (Å²) in [5, 5.41) is 13.3. The van der Waals surface area contributed by atoms with Crippen molar-refractivity contribution in [2.45, 2.75) is 25.3 Å². The molecule has 1 aromatic heterocycles. The number of nitrogens with one attached hydrogen (secondary N) is 2. The number of carboxylic acid groups (broad SMARTS) is 1. The molecule has 0 saturated carbocycles. The Morgan fingerprint density at radius 3 is 2.26 bits per heavy atom. The molecule has 0 unspecified atom stereocenters. The van der Waals surface area contributed by atoms with E-state index < -0.39 is 30.4 Å². The zero-order valence-corrected chi connectivity index (χ0v) is 19.3. The van der Waals surface area contributed by atoms with Crippen LogP contribution in [-0.2, 0) is 16.1 Å². The minimum atomic E-state index is -4.08. The molecule has 2 aromatic carbocycles. The fourth-order valence-electron chi connectivity index (χ4n) is 3.88. The maximum Gasteiger partial charge on any atom is 0.407 e. The van der Waals surface area contributed by atoms with Gasteiger partial charge in [0.15, 0.2) is 0 Å². The third kappa shape index (κ3) is 5.14. The summed E-state index contributed by atoms with van der Waals surface area (Å²) in [6.45, 7) is 0.284.